The van der Waals surface area contributed by atoms with Crippen LogP contribution in [0, 0.1) is 0 Å². The van der Waals surface area contributed by atoms with Crippen molar-refractivity contribution in [3.8, 4) is 11.5 Å². The fourth-order valence-corrected chi connectivity index (χ4v) is 5.96. The van der Waals surface area contributed by atoms with Gasteiger partial charge < -0.3 is 19.7 Å². The number of ether oxygens (including phenoxy) is 2. The third-order valence-electron chi connectivity index (χ3n) is 7.57. The van der Waals surface area contributed by atoms with Crippen molar-refractivity contribution in [2.75, 3.05) is 24.9 Å². The van der Waals surface area contributed by atoms with E-state index >= 15 is 0 Å². The van der Waals surface area contributed by atoms with E-state index in [2.05, 4.69) is 36.3 Å². The summed E-state index contributed by atoms with van der Waals surface area (Å²) in [7, 11) is 1.65. The lowest BCUT2D eigenvalue weighted by Crippen LogP contribution is -2.15. The number of anilines is 1. The monoisotopic (exact) mass is 660 g/mol. The molecule has 2 aromatic rings. The largest absolute Gasteiger partial charge is 0.493 e. The molecule has 42 heavy (non-hydrogen) atoms. The molecular formula is C35H53BrN2O3S. The highest BCUT2D eigenvalue weighted by Crippen LogP contribution is 2.31. The first-order chi connectivity index (χ1) is 20.1. The van der Waals surface area contributed by atoms with Crippen LogP contribution in [-0.2, 0) is 6.54 Å². The molecule has 3 rings (SSSR count). The van der Waals surface area contributed by atoms with E-state index < -0.39 is 0 Å². The maximum absolute atomic E-state index is 13.0. The molecule has 1 amide bonds. The summed E-state index contributed by atoms with van der Waals surface area (Å²) in [6.07, 6.45) is 20.9. The highest BCUT2D eigenvalue weighted by molar-refractivity contribution is 8.93. The van der Waals surface area contributed by atoms with Crippen LogP contribution < -0.4 is 14.8 Å². The molecule has 0 unspecified atom stereocenters. The molecule has 1 aliphatic heterocycles. The van der Waals surface area contributed by atoms with Crippen molar-refractivity contribution >= 4 is 40.3 Å². The van der Waals surface area contributed by atoms with Gasteiger partial charge in [-0.15, -0.1) is 28.7 Å². The Balaban J connectivity index is 0.00000616. The van der Waals surface area contributed by atoms with Crippen molar-refractivity contribution in [2.24, 2.45) is 0 Å². The average Bonchev–Trinajstić information content (AvgIpc) is 3.39. The quantitative estimate of drug-likeness (QED) is 0.135. The Labute approximate surface area is 270 Å². The zero-order chi connectivity index (χ0) is 29.1. The first-order valence-corrected chi connectivity index (χ1v) is 16.8. The van der Waals surface area contributed by atoms with Gasteiger partial charge in [-0.25, -0.2) is 0 Å². The third-order valence-corrected chi connectivity index (χ3v) is 8.60. The summed E-state index contributed by atoms with van der Waals surface area (Å²) in [6, 6.07) is 13.4. The van der Waals surface area contributed by atoms with Crippen LogP contribution in [0.2, 0.25) is 0 Å². The van der Waals surface area contributed by atoms with E-state index in [1.54, 1.807) is 7.11 Å². The van der Waals surface area contributed by atoms with Crippen LogP contribution in [0.5, 0.6) is 11.5 Å². The Morgan fingerprint density at radius 2 is 1.50 bits per heavy atom. The lowest BCUT2D eigenvalue weighted by atomic mass is 10.0. The smallest absolute Gasteiger partial charge is 0.255 e. The molecule has 2 aromatic carbocycles. The normalized spacial score (nSPS) is 12.5. The SMILES string of the molecule is Br.CCCCCCCCCCCCCCCCOc1cc(NC(=O)c2cccc(CN3C=C(C)SC3)c2)ccc1OC. The van der Waals surface area contributed by atoms with Crippen molar-refractivity contribution in [3.05, 3.63) is 64.7 Å². The Morgan fingerprint density at radius 1 is 0.857 bits per heavy atom. The Hall–Kier alpha value is -2.12. The molecule has 0 saturated carbocycles. The van der Waals surface area contributed by atoms with Gasteiger partial charge >= 0.3 is 0 Å². The summed E-state index contributed by atoms with van der Waals surface area (Å²) < 4.78 is 11.6. The lowest BCUT2D eigenvalue weighted by molar-refractivity contribution is 0.102. The van der Waals surface area contributed by atoms with E-state index in [1.807, 2.05) is 48.2 Å². The highest BCUT2D eigenvalue weighted by Gasteiger charge is 2.13. The number of carbonyl (C=O) groups excluding carboxylic acids is 1. The minimum Gasteiger partial charge on any atom is -0.493 e. The molecule has 1 heterocycles. The van der Waals surface area contributed by atoms with Gasteiger partial charge in [-0.3, -0.25) is 4.79 Å². The van der Waals surface area contributed by atoms with E-state index in [0.717, 1.165) is 24.4 Å². The van der Waals surface area contributed by atoms with Gasteiger partial charge in [0.05, 0.1) is 19.6 Å². The van der Waals surface area contributed by atoms with Crippen LogP contribution >= 0.6 is 28.7 Å². The highest BCUT2D eigenvalue weighted by atomic mass is 79.9. The molecule has 0 radical (unpaired) electrons. The van der Waals surface area contributed by atoms with Crippen molar-refractivity contribution in [1.29, 1.82) is 0 Å². The van der Waals surface area contributed by atoms with Gasteiger partial charge in [-0.2, -0.15) is 0 Å². The van der Waals surface area contributed by atoms with Crippen LogP contribution in [-0.4, -0.2) is 30.4 Å². The molecule has 0 saturated heterocycles. The minimum absolute atomic E-state index is 0. The summed E-state index contributed by atoms with van der Waals surface area (Å²) >= 11 is 1.84. The van der Waals surface area contributed by atoms with Crippen molar-refractivity contribution < 1.29 is 14.3 Å². The summed E-state index contributed by atoms with van der Waals surface area (Å²) in [5.74, 6) is 2.18. The van der Waals surface area contributed by atoms with E-state index in [1.165, 1.54) is 88.4 Å². The van der Waals surface area contributed by atoms with Gasteiger partial charge in [-0.1, -0.05) is 103 Å². The third kappa shape index (κ3) is 13.9. The Kier molecular flexibility index (Phi) is 18.5. The minimum atomic E-state index is -0.127. The standard InChI is InChI=1S/C35H52N2O3S.BrH/c1-4-5-6-7-8-9-10-11-12-13-14-15-16-17-23-40-34-25-32(21-22-33(34)39-3)36-35(38)31-20-18-19-30(24-31)27-37-26-29(2)41-28-37;/h18-22,24-26H,4-17,23,27-28H2,1-3H3,(H,36,38);1H. The number of amides is 1. The number of rotatable bonds is 21. The Bertz CT molecular complexity index is 1080. The first kappa shape index (κ1) is 36.1. The predicted molar refractivity (Wildman–Crippen MR) is 185 cm³/mol. The van der Waals surface area contributed by atoms with Crippen molar-refractivity contribution in [3.63, 3.8) is 0 Å². The number of hydrogen-bond donors (Lipinski definition) is 1. The molecule has 0 bridgehead atoms. The summed E-state index contributed by atoms with van der Waals surface area (Å²) in [4.78, 5) is 16.6. The fraction of sp³-hybridized carbons (Fsp3) is 0.571. The fourth-order valence-electron chi connectivity index (χ4n) is 5.20. The molecule has 0 spiro atoms. The lowest BCUT2D eigenvalue weighted by Gasteiger charge is -2.15. The molecule has 1 N–H and O–H groups in total. The molecular weight excluding hydrogens is 608 g/mol. The van der Waals surface area contributed by atoms with Crippen molar-refractivity contribution in [2.45, 2.75) is 110 Å². The van der Waals surface area contributed by atoms with E-state index in [9.17, 15) is 4.79 Å². The zero-order valence-corrected chi connectivity index (χ0v) is 28.7. The number of hydrogen-bond acceptors (Lipinski definition) is 5. The number of methoxy groups -OCH3 is 1. The molecule has 5 nitrogen and oxygen atoms in total. The second-order valence-electron chi connectivity index (χ2n) is 11.2. The number of halogens is 1. The van der Waals surface area contributed by atoms with E-state index in [-0.39, 0.29) is 22.9 Å². The molecule has 234 valence electrons. The second kappa shape index (κ2) is 21.6. The summed E-state index contributed by atoms with van der Waals surface area (Å²) in [5.41, 5.74) is 2.47. The zero-order valence-electron chi connectivity index (χ0n) is 26.1. The molecule has 0 aromatic heterocycles. The van der Waals surface area contributed by atoms with Crippen LogP contribution in [0.4, 0.5) is 5.69 Å². The maximum atomic E-state index is 13.0. The predicted octanol–water partition coefficient (Wildman–Crippen LogP) is 10.8. The second-order valence-corrected chi connectivity index (χ2v) is 12.4. The number of nitrogens with zero attached hydrogens (tertiary/aromatic N) is 1. The molecule has 1 aliphatic rings. The number of thioether (sulfide) groups is 1. The topological polar surface area (TPSA) is 50.8 Å². The van der Waals surface area contributed by atoms with Crippen LogP contribution in [0.3, 0.4) is 0 Å². The first-order valence-electron chi connectivity index (χ1n) is 15.9. The number of unbranched alkanes of at least 4 members (excludes halogenated alkanes) is 13. The molecule has 7 heteroatoms. The van der Waals surface area contributed by atoms with Gasteiger partial charge in [0.25, 0.3) is 5.91 Å². The molecule has 0 fully saturated rings. The van der Waals surface area contributed by atoms with E-state index in [0.29, 0.717) is 29.4 Å². The number of carbonyl (C=O) groups is 1. The molecule has 0 aliphatic carbocycles. The number of nitrogens with one attached hydrogen (secondary N) is 1. The van der Waals surface area contributed by atoms with E-state index in [4.69, 9.17) is 9.47 Å². The van der Waals surface area contributed by atoms with Crippen LogP contribution in [0.25, 0.3) is 0 Å². The van der Waals surface area contributed by atoms with Crippen molar-refractivity contribution in [1.82, 2.24) is 4.90 Å². The maximum Gasteiger partial charge on any atom is 0.255 e. The number of benzene rings is 2. The van der Waals surface area contributed by atoms with Gasteiger partial charge in [0.15, 0.2) is 11.5 Å². The summed E-state index contributed by atoms with van der Waals surface area (Å²) in [6.45, 7) is 5.85. The molecule has 0 atom stereocenters. The van der Waals surface area contributed by atoms with Gasteiger partial charge in [-0.05, 0) is 48.1 Å². The van der Waals surface area contributed by atoms with Crippen LogP contribution in [0.15, 0.2) is 53.6 Å². The summed E-state index contributed by atoms with van der Waals surface area (Å²) in [5, 5.41) is 3.03. The van der Waals surface area contributed by atoms with Gasteiger partial charge in [0, 0.05) is 30.1 Å². The van der Waals surface area contributed by atoms with Gasteiger partial charge in [0.2, 0.25) is 0 Å². The van der Waals surface area contributed by atoms with Crippen LogP contribution in [0.1, 0.15) is 120 Å². The Morgan fingerprint density at radius 3 is 2.10 bits per heavy atom. The number of allylic oxidation sites excluding steroid dienone is 1. The van der Waals surface area contributed by atoms with Gasteiger partial charge in [0.1, 0.15) is 0 Å². The average molecular weight is 662 g/mol.